The van der Waals surface area contributed by atoms with E-state index in [-0.39, 0.29) is 47.8 Å². The third kappa shape index (κ3) is 4.85. The van der Waals surface area contributed by atoms with Gasteiger partial charge in [-0.3, -0.25) is 4.55 Å². The van der Waals surface area contributed by atoms with E-state index in [1.165, 1.54) is 0 Å². The molecule has 4 bridgehead atoms. The predicted octanol–water partition coefficient (Wildman–Crippen LogP) is -1.50. The minimum absolute atomic E-state index is 0. The van der Waals surface area contributed by atoms with Gasteiger partial charge in [0.25, 0.3) is 10.1 Å². The third-order valence-electron chi connectivity index (χ3n) is 4.82. The van der Waals surface area contributed by atoms with Gasteiger partial charge in [0.05, 0.1) is 17.3 Å². The van der Waals surface area contributed by atoms with Crippen LogP contribution in [-0.4, -0.2) is 42.5 Å². The van der Waals surface area contributed by atoms with Crippen LogP contribution in [0.1, 0.15) is 38.5 Å². The molecule has 4 rings (SSSR count). The van der Waals surface area contributed by atoms with Crippen molar-refractivity contribution in [2.45, 2.75) is 50.2 Å². The first-order chi connectivity index (χ1) is 9.88. The second kappa shape index (κ2) is 6.84. The fourth-order valence-electron chi connectivity index (χ4n) is 4.72. The van der Waals surface area contributed by atoms with E-state index in [2.05, 4.69) is 4.74 Å². The molecule has 0 spiro atoms. The molecule has 2 atom stereocenters. The molecule has 0 aromatic carbocycles. The Morgan fingerprint density at radius 3 is 2.00 bits per heavy atom. The summed E-state index contributed by atoms with van der Waals surface area (Å²) in [5.41, 5.74) is -2.33. The number of hydrogen-bond acceptors (Lipinski definition) is 5. The van der Waals surface area contributed by atoms with E-state index < -0.39 is 27.2 Å². The molecule has 0 aliphatic heterocycles. The second-order valence-corrected chi connectivity index (χ2v) is 8.37. The zero-order chi connectivity index (χ0) is 16.8. The van der Waals surface area contributed by atoms with E-state index in [1.807, 2.05) is 0 Å². The van der Waals surface area contributed by atoms with Gasteiger partial charge in [0, 0.05) is 0 Å². The number of carbonyl (C=O) groups excluding carboxylic acids is 1. The van der Waals surface area contributed by atoms with Crippen LogP contribution in [0.5, 0.6) is 0 Å². The van der Waals surface area contributed by atoms with E-state index >= 15 is 0 Å². The summed E-state index contributed by atoms with van der Waals surface area (Å²) in [5, 5.41) is 10.3. The van der Waals surface area contributed by atoms with Crippen molar-refractivity contribution >= 4 is 16.6 Å². The first-order valence-corrected chi connectivity index (χ1v) is 8.81. The number of aliphatic hydroxyl groups is 1. The third-order valence-corrected chi connectivity index (χ3v) is 4.82. The number of halogens is 2. The maximum atomic E-state index is 13.9. The summed E-state index contributed by atoms with van der Waals surface area (Å²) in [6.07, 6.45) is 0.110. The molecule has 10 heteroatoms. The second-order valence-electron chi connectivity index (χ2n) is 6.90. The Kier molecular flexibility index (Phi) is 6.32. The van der Waals surface area contributed by atoms with Gasteiger partial charge in [-0.2, -0.15) is 17.2 Å². The Morgan fingerprint density at radius 2 is 1.65 bits per heavy atom. The standard InChI is InChI=1S/C12H15F2O3.CH4O3S.Na/c13-12(14,17-7-15)10-2-8-1-9(3-10)5-11(16,4-8)6-10;1-5(2,3)4;/h8-9,16H,1-6H2;1H3,(H,2,3,4);/q-1;;+1. The zero-order valence-corrected chi connectivity index (χ0v) is 15.9. The van der Waals surface area contributed by atoms with Crippen molar-refractivity contribution < 1.29 is 65.9 Å². The van der Waals surface area contributed by atoms with Gasteiger partial charge in [0.15, 0.2) is 0 Å². The molecular formula is C13H19F2NaO6S. The van der Waals surface area contributed by atoms with Crippen LogP contribution in [0.4, 0.5) is 8.78 Å². The van der Waals surface area contributed by atoms with Gasteiger partial charge in [0.2, 0.25) is 0 Å². The first kappa shape index (κ1) is 21.2. The molecule has 0 aromatic rings. The van der Waals surface area contributed by atoms with Crippen LogP contribution < -0.4 is 29.6 Å². The number of alkyl halides is 2. The molecule has 0 radical (unpaired) electrons. The summed E-state index contributed by atoms with van der Waals surface area (Å²) in [7, 11) is -3.67. The zero-order valence-electron chi connectivity index (χ0n) is 13.1. The molecule has 4 aliphatic carbocycles. The maximum absolute atomic E-state index is 13.9. The summed E-state index contributed by atoms with van der Waals surface area (Å²) in [6, 6.07) is 0. The average Bonchev–Trinajstić information content (AvgIpc) is 2.22. The minimum atomic E-state index is -3.67. The molecule has 6 nitrogen and oxygen atoms in total. The van der Waals surface area contributed by atoms with E-state index in [4.69, 9.17) is 4.55 Å². The SMILES string of the molecule is CS(=O)(=O)O.O=[C-]OC(F)(F)C12CC3CC(CC(O)(C3)C1)C2.[Na+]. The predicted molar refractivity (Wildman–Crippen MR) is 71.3 cm³/mol. The molecule has 2 N–H and O–H groups in total. The fourth-order valence-corrected chi connectivity index (χ4v) is 4.72. The Labute approximate surface area is 156 Å². The van der Waals surface area contributed by atoms with E-state index in [1.54, 1.807) is 0 Å². The normalized spacial score (nSPS) is 38.1. The molecule has 0 saturated heterocycles. The van der Waals surface area contributed by atoms with Gasteiger partial charge in [-0.1, -0.05) is 6.47 Å². The van der Waals surface area contributed by atoms with Gasteiger partial charge >= 0.3 is 35.7 Å². The first-order valence-electron chi connectivity index (χ1n) is 6.96. The number of ether oxygens (including phenoxy) is 1. The van der Waals surface area contributed by atoms with Crippen LogP contribution in [0.2, 0.25) is 0 Å². The van der Waals surface area contributed by atoms with E-state index in [9.17, 15) is 27.1 Å². The van der Waals surface area contributed by atoms with Crippen molar-refractivity contribution in [2.24, 2.45) is 17.3 Å². The molecule has 4 aliphatic rings. The van der Waals surface area contributed by atoms with Crippen molar-refractivity contribution in [3.05, 3.63) is 0 Å². The number of hydrogen-bond donors (Lipinski definition) is 2. The summed E-state index contributed by atoms with van der Waals surface area (Å²) in [6.45, 7) is 0.864. The molecule has 0 heterocycles. The van der Waals surface area contributed by atoms with Gasteiger partial charge < -0.3 is 14.6 Å². The van der Waals surface area contributed by atoms with E-state index in [0.717, 1.165) is 12.9 Å². The van der Waals surface area contributed by atoms with Crippen LogP contribution >= 0.6 is 0 Å². The Hall–Kier alpha value is 0.200. The monoisotopic (exact) mass is 364 g/mol. The molecule has 0 aromatic heterocycles. The van der Waals surface area contributed by atoms with Gasteiger partial charge in [-0.05, 0) is 50.4 Å². The topological polar surface area (TPSA) is 101 Å². The van der Waals surface area contributed by atoms with Gasteiger partial charge in [-0.25, -0.2) is 0 Å². The van der Waals surface area contributed by atoms with Crippen molar-refractivity contribution in [2.75, 3.05) is 6.26 Å². The van der Waals surface area contributed by atoms with Crippen LogP contribution in [-0.2, 0) is 19.6 Å². The summed E-state index contributed by atoms with van der Waals surface area (Å²) in [4.78, 5) is 10.1. The van der Waals surface area contributed by atoms with Crippen molar-refractivity contribution in [3.63, 3.8) is 0 Å². The quantitative estimate of drug-likeness (QED) is 0.359. The Bertz CT molecular complexity index is 531. The van der Waals surface area contributed by atoms with E-state index in [0.29, 0.717) is 31.9 Å². The largest absolute Gasteiger partial charge is 1.00 e. The van der Waals surface area contributed by atoms with Crippen LogP contribution in [0, 0.1) is 17.3 Å². The molecule has 23 heavy (non-hydrogen) atoms. The Morgan fingerprint density at radius 1 is 1.22 bits per heavy atom. The molecule has 0 amide bonds. The molecule has 2 unspecified atom stereocenters. The molecule has 128 valence electrons. The average molecular weight is 364 g/mol. The smallest absolute Gasteiger partial charge is 0.603 e. The molecular weight excluding hydrogens is 345 g/mol. The Balaban J connectivity index is 0.000000390. The van der Waals surface area contributed by atoms with Crippen molar-refractivity contribution in [1.82, 2.24) is 0 Å². The van der Waals surface area contributed by atoms with Gasteiger partial charge in [-0.15, -0.1) is 0 Å². The molecule has 4 fully saturated rings. The number of rotatable bonds is 3. The maximum Gasteiger partial charge on any atom is 1.00 e. The van der Waals surface area contributed by atoms with Crippen LogP contribution in [0.25, 0.3) is 0 Å². The van der Waals surface area contributed by atoms with Crippen LogP contribution in [0.3, 0.4) is 0 Å². The van der Waals surface area contributed by atoms with Crippen LogP contribution in [0.15, 0.2) is 0 Å². The summed E-state index contributed by atoms with van der Waals surface area (Å²) in [5.74, 6) is 0.282. The summed E-state index contributed by atoms with van der Waals surface area (Å²) < 4.78 is 57.7. The molecule has 4 saturated carbocycles. The minimum Gasteiger partial charge on any atom is -0.603 e. The van der Waals surface area contributed by atoms with Gasteiger partial charge in [0.1, 0.15) is 0 Å². The summed E-state index contributed by atoms with van der Waals surface area (Å²) >= 11 is 0. The van der Waals surface area contributed by atoms with Crippen molar-refractivity contribution in [1.29, 1.82) is 0 Å². The van der Waals surface area contributed by atoms with Crippen molar-refractivity contribution in [3.8, 4) is 0 Å². The fraction of sp³-hybridized carbons (Fsp3) is 0.923.